The maximum absolute atomic E-state index is 12.4. The zero-order valence-corrected chi connectivity index (χ0v) is 20.3. The number of amides is 2. The van der Waals surface area contributed by atoms with Crippen LogP contribution in [0.1, 0.15) is 61.8 Å². The van der Waals surface area contributed by atoms with Crippen LogP contribution < -0.4 is 10.6 Å². The summed E-state index contributed by atoms with van der Waals surface area (Å²) in [6.45, 7) is 0.680. The van der Waals surface area contributed by atoms with E-state index in [2.05, 4.69) is 59.3 Å². The standard InChI is InChI=1S/C26H37N3O2S/c1-29(2)26(23-12-8-20-32-23)17-15-22(16-18-26)28-25(31)14-6-13-24(30)27-19-7-11-21-9-4-3-5-10-21/h3-5,8-10,12,20,22H,6-7,11,13-19H2,1-2H3,(H,27,30)(H,28,31). The molecule has 2 aromatic rings. The first-order valence-corrected chi connectivity index (χ1v) is 12.7. The fraction of sp³-hybridized carbons (Fsp3) is 0.538. The highest BCUT2D eigenvalue weighted by Gasteiger charge is 2.39. The molecule has 0 bridgehead atoms. The minimum absolute atomic E-state index is 0.0373. The summed E-state index contributed by atoms with van der Waals surface area (Å²) in [6.07, 6.45) is 7.40. The maximum atomic E-state index is 12.4. The molecule has 0 aliphatic heterocycles. The Balaban J connectivity index is 1.29. The van der Waals surface area contributed by atoms with Crippen molar-refractivity contribution in [3.05, 3.63) is 58.3 Å². The smallest absolute Gasteiger partial charge is 0.220 e. The Hall–Kier alpha value is -2.18. The second kappa shape index (κ2) is 12.2. The summed E-state index contributed by atoms with van der Waals surface area (Å²) >= 11 is 1.82. The molecule has 1 aliphatic carbocycles. The van der Waals surface area contributed by atoms with Gasteiger partial charge in [-0.15, -0.1) is 11.3 Å². The molecule has 1 aromatic heterocycles. The predicted molar refractivity (Wildman–Crippen MR) is 132 cm³/mol. The SMILES string of the molecule is CN(C)C1(c2cccs2)CCC(NC(=O)CCCC(=O)NCCCc2ccccc2)CC1. The number of thiophene rings is 1. The normalized spacial score (nSPS) is 20.8. The van der Waals surface area contributed by atoms with Crippen molar-refractivity contribution >= 4 is 23.2 Å². The highest BCUT2D eigenvalue weighted by atomic mass is 32.1. The summed E-state index contributed by atoms with van der Waals surface area (Å²) in [6, 6.07) is 14.9. The number of nitrogens with zero attached hydrogens (tertiary/aromatic N) is 1. The van der Waals surface area contributed by atoms with Crippen molar-refractivity contribution in [1.29, 1.82) is 0 Å². The van der Waals surface area contributed by atoms with E-state index in [1.165, 1.54) is 10.4 Å². The molecule has 1 aliphatic rings. The van der Waals surface area contributed by atoms with Crippen LogP contribution in [0.3, 0.4) is 0 Å². The molecule has 5 nitrogen and oxygen atoms in total. The summed E-state index contributed by atoms with van der Waals surface area (Å²) in [5.41, 5.74) is 1.38. The molecule has 1 fully saturated rings. The van der Waals surface area contributed by atoms with Gasteiger partial charge in [0.05, 0.1) is 5.54 Å². The van der Waals surface area contributed by atoms with E-state index in [-0.39, 0.29) is 23.4 Å². The molecule has 0 radical (unpaired) electrons. The zero-order valence-electron chi connectivity index (χ0n) is 19.4. The molecule has 1 heterocycles. The van der Waals surface area contributed by atoms with E-state index in [1.54, 1.807) is 0 Å². The van der Waals surface area contributed by atoms with E-state index in [0.717, 1.165) is 38.5 Å². The van der Waals surface area contributed by atoms with Crippen LogP contribution in [0.15, 0.2) is 47.8 Å². The number of carbonyl (C=O) groups is 2. The van der Waals surface area contributed by atoms with Crippen molar-refractivity contribution in [3.63, 3.8) is 0 Å². The summed E-state index contributed by atoms with van der Waals surface area (Å²) < 4.78 is 0. The predicted octanol–water partition coefficient (Wildman–Crippen LogP) is 4.48. The fourth-order valence-electron chi connectivity index (χ4n) is 4.66. The Labute approximate surface area is 196 Å². The van der Waals surface area contributed by atoms with Gasteiger partial charge in [0.25, 0.3) is 0 Å². The second-order valence-corrected chi connectivity index (χ2v) is 9.99. The highest BCUT2D eigenvalue weighted by molar-refractivity contribution is 7.10. The van der Waals surface area contributed by atoms with Gasteiger partial charge in [0.1, 0.15) is 0 Å². The Morgan fingerprint density at radius 1 is 1.00 bits per heavy atom. The molecule has 2 N–H and O–H groups in total. The van der Waals surface area contributed by atoms with Crippen LogP contribution >= 0.6 is 11.3 Å². The van der Waals surface area contributed by atoms with E-state index in [0.29, 0.717) is 25.8 Å². The zero-order chi connectivity index (χ0) is 22.8. The van der Waals surface area contributed by atoms with Crippen LogP contribution in [0.5, 0.6) is 0 Å². The number of carbonyl (C=O) groups excluding carboxylic acids is 2. The first kappa shape index (κ1) is 24.5. The van der Waals surface area contributed by atoms with Gasteiger partial charge in [-0.1, -0.05) is 36.4 Å². The van der Waals surface area contributed by atoms with Crippen LogP contribution in [0.25, 0.3) is 0 Å². The molecule has 1 saturated carbocycles. The van der Waals surface area contributed by atoms with Crippen molar-refractivity contribution in [3.8, 4) is 0 Å². The lowest BCUT2D eigenvalue weighted by Gasteiger charge is -2.44. The number of rotatable bonds is 11. The molecular weight excluding hydrogens is 418 g/mol. The molecule has 0 saturated heterocycles. The molecule has 0 atom stereocenters. The van der Waals surface area contributed by atoms with Crippen LogP contribution in [-0.2, 0) is 21.5 Å². The van der Waals surface area contributed by atoms with Crippen LogP contribution in [0.2, 0.25) is 0 Å². The van der Waals surface area contributed by atoms with Gasteiger partial charge in [-0.05, 0) is 76.1 Å². The number of aryl methyl sites for hydroxylation is 1. The first-order chi connectivity index (χ1) is 15.5. The maximum Gasteiger partial charge on any atom is 0.220 e. The van der Waals surface area contributed by atoms with Gasteiger partial charge in [0.15, 0.2) is 0 Å². The molecule has 1 aromatic carbocycles. The minimum Gasteiger partial charge on any atom is -0.356 e. The molecule has 0 spiro atoms. The molecule has 0 unspecified atom stereocenters. The van der Waals surface area contributed by atoms with E-state index < -0.39 is 0 Å². The van der Waals surface area contributed by atoms with Crippen molar-refractivity contribution in [2.45, 2.75) is 69.4 Å². The number of benzene rings is 1. The van der Waals surface area contributed by atoms with Crippen LogP contribution in [-0.4, -0.2) is 43.4 Å². The van der Waals surface area contributed by atoms with Gasteiger partial charge in [0.2, 0.25) is 11.8 Å². The fourth-order valence-corrected chi connectivity index (χ4v) is 5.73. The van der Waals surface area contributed by atoms with E-state index in [1.807, 2.05) is 29.5 Å². The van der Waals surface area contributed by atoms with Crippen molar-refractivity contribution < 1.29 is 9.59 Å². The number of hydrogen-bond acceptors (Lipinski definition) is 4. The second-order valence-electron chi connectivity index (χ2n) is 9.04. The van der Waals surface area contributed by atoms with E-state index >= 15 is 0 Å². The Morgan fingerprint density at radius 3 is 2.38 bits per heavy atom. The quantitative estimate of drug-likeness (QED) is 0.491. The molecule has 6 heteroatoms. The van der Waals surface area contributed by atoms with Gasteiger partial charge >= 0.3 is 0 Å². The molecule has 32 heavy (non-hydrogen) atoms. The average Bonchev–Trinajstić information content (AvgIpc) is 3.33. The Kier molecular flexibility index (Phi) is 9.30. The van der Waals surface area contributed by atoms with Gasteiger partial charge in [-0.2, -0.15) is 0 Å². The van der Waals surface area contributed by atoms with E-state index in [9.17, 15) is 9.59 Å². The van der Waals surface area contributed by atoms with E-state index in [4.69, 9.17) is 0 Å². The largest absolute Gasteiger partial charge is 0.356 e. The summed E-state index contributed by atoms with van der Waals surface area (Å²) in [7, 11) is 4.32. The lowest BCUT2D eigenvalue weighted by Crippen LogP contribution is -2.48. The van der Waals surface area contributed by atoms with Crippen molar-refractivity contribution in [2.75, 3.05) is 20.6 Å². The van der Waals surface area contributed by atoms with Crippen molar-refractivity contribution in [1.82, 2.24) is 15.5 Å². The topological polar surface area (TPSA) is 61.4 Å². The van der Waals surface area contributed by atoms with Crippen molar-refractivity contribution in [2.24, 2.45) is 0 Å². The summed E-state index contributed by atoms with van der Waals surface area (Å²) in [5, 5.41) is 8.31. The lowest BCUT2D eigenvalue weighted by molar-refractivity contribution is -0.123. The van der Waals surface area contributed by atoms with Gasteiger partial charge in [0, 0.05) is 30.3 Å². The summed E-state index contributed by atoms with van der Waals surface area (Å²) in [5.74, 6) is 0.107. The minimum atomic E-state index is 0.0373. The van der Waals surface area contributed by atoms with Gasteiger partial charge in [-0.25, -0.2) is 0 Å². The molecular formula is C26H37N3O2S. The van der Waals surface area contributed by atoms with Crippen LogP contribution in [0.4, 0.5) is 0 Å². The van der Waals surface area contributed by atoms with Gasteiger partial charge < -0.3 is 10.6 Å². The van der Waals surface area contributed by atoms with Gasteiger partial charge in [-0.3, -0.25) is 14.5 Å². The summed E-state index contributed by atoms with van der Waals surface area (Å²) in [4.78, 5) is 28.2. The molecule has 174 valence electrons. The number of hydrogen-bond donors (Lipinski definition) is 2. The molecule has 2 amide bonds. The Morgan fingerprint density at radius 2 is 1.72 bits per heavy atom. The third kappa shape index (κ3) is 6.91. The third-order valence-corrected chi connectivity index (χ3v) is 7.69. The Bertz CT molecular complexity index is 828. The average molecular weight is 456 g/mol. The monoisotopic (exact) mass is 455 g/mol. The van der Waals surface area contributed by atoms with Crippen LogP contribution in [0, 0.1) is 0 Å². The number of nitrogens with one attached hydrogen (secondary N) is 2. The third-order valence-electron chi connectivity index (χ3n) is 6.63. The first-order valence-electron chi connectivity index (χ1n) is 11.8. The molecule has 3 rings (SSSR count). The lowest BCUT2D eigenvalue weighted by atomic mass is 9.77. The highest BCUT2D eigenvalue weighted by Crippen LogP contribution is 2.42.